The molecule has 0 unspecified atom stereocenters. The molecule has 7 heteroatoms. The number of benzene rings is 1. The molecule has 0 atom stereocenters. The molecule has 0 aliphatic carbocycles. The summed E-state index contributed by atoms with van der Waals surface area (Å²) in [6.07, 6.45) is 1.80. The van der Waals surface area contributed by atoms with E-state index in [-0.39, 0.29) is 12.3 Å². The molecule has 2 aromatic heterocycles. The zero-order valence-electron chi connectivity index (χ0n) is 11.2. The lowest BCUT2D eigenvalue weighted by atomic mass is 10.2. The van der Waals surface area contributed by atoms with E-state index < -0.39 is 10.0 Å². The van der Waals surface area contributed by atoms with Crippen LogP contribution in [0.3, 0.4) is 0 Å². The summed E-state index contributed by atoms with van der Waals surface area (Å²) >= 11 is 0. The van der Waals surface area contributed by atoms with Gasteiger partial charge < -0.3 is 0 Å². The van der Waals surface area contributed by atoms with Gasteiger partial charge in [0.05, 0.1) is 12.3 Å². The fourth-order valence-electron chi connectivity index (χ4n) is 2.03. The van der Waals surface area contributed by atoms with Crippen LogP contribution in [-0.2, 0) is 22.3 Å². The Kier molecular flexibility index (Phi) is 3.68. The van der Waals surface area contributed by atoms with Crippen LogP contribution < -0.4 is 4.72 Å². The van der Waals surface area contributed by atoms with Crippen molar-refractivity contribution < 1.29 is 8.42 Å². The number of aromatic nitrogens is 3. The average Bonchev–Trinajstić information content (AvgIpc) is 2.89. The standard InChI is InChI=1S/C14H14N4O2S/c19-21(20,11-12-6-2-1-3-7-12)15-10-14-17-16-13-8-4-5-9-18(13)14/h1-9,15H,10-11H2. The number of nitrogens with zero attached hydrogens (tertiary/aromatic N) is 3. The molecular weight excluding hydrogens is 288 g/mol. The average molecular weight is 302 g/mol. The van der Waals surface area contributed by atoms with Gasteiger partial charge in [-0.15, -0.1) is 10.2 Å². The van der Waals surface area contributed by atoms with Crippen LogP contribution in [0.4, 0.5) is 0 Å². The summed E-state index contributed by atoms with van der Waals surface area (Å²) in [7, 11) is -3.41. The van der Waals surface area contributed by atoms with Crippen LogP contribution in [-0.4, -0.2) is 23.0 Å². The fraction of sp³-hybridized carbons (Fsp3) is 0.143. The molecule has 1 N–H and O–H groups in total. The van der Waals surface area contributed by atoms with Crippen molar-refractivity contribution in [2.75, 3.05) is 0 Å². The minimum atomic E-state index is -3.41. The van der Waals surface area contributed by atoms with Gasteiger partial charge in [-0.25, -0.2) is 13.1 Å². The molecule has 0 bridgehead atoms. The van der Waals surface area contributed by atoms with Gasteiger partial charge in [-0.3, -0.25) is 4.40 Å². The highest BCUT2D eigenvalue weighted by atomic mass is 32.2. The summed E-state index contributed by atoms with van der Waals surface area (Å²) in [4.78, 5) is 0. The van der Waals surface area contributed by atoms with Crippen LogP contribution in [0.25, 0.3) is 5.65 Å². The van der Waals surface area contributed by atoms with Crippen molar-refractivity contribution >= 4 is 15.7 Å². The Morgan fingerprint density at radius 2 is 1.76 bits per heavy atom. The number of hydrogen-bond acceptors (Lipinski definition) is 4. The Morgan fingerprint density at radius 3 is 2.57 bits per heavy atom. The van der Waals surface area contributed by atoms with Gasteiger partial charge in [0, 0.05) is 6.20 Å². The topological polar surface area (TPSA) is 76.4 Å². The third-order valence-corrected chi connectivity index (χ3v) is 4.33. The van der Waals surface area contributed by atoms with Crippen molar-refractivity contribution in [2.45, 2.75) is 12.3 Å². The Labute approximate surface area is 122 Å². The van der Waals surface area contributed by atoms with Crippen molar-refractivity contribution in [3.8, 4) is 0 Å². The van der Waals surface area contributed by atoms with E-state index in [9.17, 15) is 8.42 Å². The zero-order valence-corrected chi connectivity index (χ0v) is 12.0. The highest BCUT2D eigenvalue weighted by molar-refractivity contribution is 7.88. The zero-order chi connectivity index (χ0) is 14.7. The predicted octanol–water partition coefficient (Wildman–Crippen LogP) is 1.35. The normalized spacial score (nSPS) is 11.8. The maximum Gasteiger partial charge on any atom is 0.216 e. The molecule has 6 nitrogen and oxygen atoms in total. The van der Waals surface area contributed by atoms with Gasteiger partial charge in [-0.05, 0) is 17.7 Å². The second-order valence-electron chi connectivity index (χ2n) is 4.61. The molecule has 108 valence electrons. The lowest BCUT2D eigenvalue weighted by Gasteiger charge is -2.06. The lowest BCUT2D eigenvalue weighted by Crippen LogP contribution is -2.25. The second kappa shape index (κ2) is 5.63. The van der Waals surface area contributed by atoms with Crippen LogP contribution in [0, 0.1) is 0 Å². The van der Waals surface area contributed by atoms with Gasteiger partial charge in [-0.1, -0.05) is 36.4 Å². The van der Waals surface area contributed by atoms with E-state index in [0.717, 1.165) is 5.56 Å². The molecule has 0 radical (unpaired) electrons. The van der Waals surface area contributed by atoms with Crippen LogP contribution in [0.1, 0.15) is 11.4 Å². The van der Waals surface area contributed by atoms with E-state index in [1.807, 2.05) is 36.4 Å². The van der Waals surface area contributed by atoms with Gasteiger partial charge >= 0.3 is 0 Å². The molecular formula is C14H14N4O2S. The van der Waals surface area contributed by atoms with Crippen LogP contribution in [0.5, 0.6) is 0 Å². The Bertz CT molecular complexity index is 844. The monoisotopic (exact) mass is 302 g/mol. The number of nitrogens with one attached hydrogen (secondary N) is 1. The molecule has 0 spiro atoms. The summed E-state index contributed by atoms with van der Waals surface area (Å²) in [5.41, 5.74) is 1.44. The van der Waals surface area contributed by atoms with E-state index in [1.54, 1.807) is 22.7 Å². The summed E-state index contributed by atoms with van der Waals surface area (Å²) in [6, 6.07) is 14.6. The number of hydrogen-bond donors (Lipinski definition) is 1. The van der Waals surface area contributed by atoms with Crippen molar-refractivity contribution in [3.63, 3.8) is 0 Å². The first-order chi connectivity index (χ1) is 10.1. The lowest BCUT2D eigenvalue weighted by molar-refractivity contribution is 0.578. The molecule has 0 saturated carbocycles. The Balaban J connectivity index is 1.72. The number of pyridine rings is 1. The molecule has 1 aromatic carbocycles. The largest absolute Gasteiger partial charge is 0.285 e. The molecule has 0 fully saturated rings. The van der Waals surface area contributed by atoms with E-state index >= 15 is 0 Å². The van der Waals surface area contributed by atoms with Gasteiger partial charge in [0.25, 0.3) is 0 Å². The smallest absolute Gasteiger partial charge is 0.216 e. The molecule has 0 aliphatic rings. The number of sulfonamides is 1. The van der Waals surface area contributed by atoms with Crippen molar-refractivity contribution in [3.05, 3.63) is 66.1 Å². The fourth-order valence-corrected chi connectivity index (χ4v) is 3.11. The molecule has 0 amide bonds. The summed E-state index contributed by atoms with van der Waals surface area (Å²) in [5.74, 6) is 0.507. The molecule has 21 heavy (non-hydrogen) atoms. The van der Waals surface area contributed by atoms with Gasteiger partial charge in [0.1, 0.15) is 0 Å². The predicted molar refractivity (Wildman–Crippen MR) is 78.9 cm³/mol. The Hall–Kier alpha value is -2.25. The van der Waals surface area contributed by atoms with Gasteiger partial charge in [0.15, 0.2) is 11.5 Å². The molecule has 0 aliphatic heterocycles. The second-order valence-corrected chi connectivity index (χ2v) is 6.42. The van der Waals surface area contributed by atoms with E-state index in [2.05, 4.69) is 14.9 Å². The van der Waals surface area contributed by atoms with E-state index in [0.29, 0.717) is 11.5 Å². The molecule has 3 aromatic rings. The number of rotatable bonds is 5. The van der Waals surface area contributed by atoms with Gasteiger partial charge in [-0.2, -0.15) is 0 Å². The molecule has 2 heterocycles. The highest BCUT2D eigenvalue weighted by Gasteiger charge is 2.13. The summed E-state index contributed by atoms with van der Waals surface area (Å²) in [6.45, 7) is 0.111. The van der Waals surface area contributed by atoms with Crippen molar-refractivity contribution in [1.82, 2.24) is 19.3 Å². The summed E-state index contributed by atoms with van der Waals surface area (Å²) in [5, 5.41) is 7.97. The van der Waals surface area contributed by atoms with E-state index in [4.69, 9.17) is 0 Å². The first-order valence-corrected chi connectivity index (χ1v) is 8.09. The molecule has 0 saturated heterocycles. The van der Waals surface area contributed by atoms with Crippen LogP contribution >= 0.6 is 0 Å². The third-order valence-electron chi connectivity index (χ3n) is 3.03. The van der Waals surface area contributed by atoms with Crippen molar-refractivity contribution in [2.24, 2.45) is 0 Å². The quantitative estimate of drug-likeness (QED) is 0.772. The molecule has 3 rings (SSSR count). The van der Waals surface area contributed by atoms with E-state index in [1.165, 1.54) is 0 Å². The van der Waals surface area contributed by atoms with Crippen LogP contribution in [0.15, 0.2) is 54.7 Å². The summed E-state index contributed by atoms with van der Waals surface area (Å²) < 4.78 is 28.4. The highest BCUT2D eigenvalue weighted by Crippen LogP contribution is 2.06. The van der Waals surface area contributed by atoms with Crippen molar-refractivity contribution in [1.29, 1.82) is 0 Å². The minimum absolute atomic E-state index is 0.0510. The maximum atomic E-state index is 12.1. The minimum Gasteiger partial charge on any atom is -0.285 e. The first-order valence-electron chi connectivity index (χ1n) is 6.44. The number of fused-ring (bicyclic) bond motifs is 1. The SMILES string of the molecule is O=S(=O)(Cc1ccccc1)NCc1nnc2ccccn12. The first kappa shape index (κ1) is 13.7. The maximum absolute atomic E-state index is 12.1. The van der Waals surface area contributed by atoms with Gasteiger partial charge in [0.2, 0.25) is 10.0 Å². The third kappa shape index (κ3) is 3.26. The van der Waals surface area contributed by atoms with Crippen LogP contribution in [0.2, 0.25) is 0 Å². The Morgan fingerprint density at radius 1 is 1.00 bits per heavy atom.